The molecule has 1 unspecified atom stereocenters. The van der Waals surface area contributed by atoms with E-state index in [1.54, 1.807) is 6.92 Å². The molecule has 1 aliphatic rings. The molecule has 1 heterocycles. The maximum Gasteiger partial charge on any atom is 0.223 e. The number of thioether (sulfide) groups is 1. The van der Waals surface area contributed by atoms with Crippen LogP contribution in [0.3, 0.4) is 0 Å². The predicted molar refractivity (Wildman–Crippen MR) is 99.7 cm³/mol. The monoisotopic (exact) mass is 355 g/mol. The zero-order chi connectivity index (χ0) is 17.6. The van der Waals surface area contributed by atoms with Crippen molar-refractivity contribution in [2.45, 2.75) is 31.6 Å². The van der Waals surface area contributed by atoms with Crippen molar-refractivity contribution in [2.24, 2.45) is 0 Å². The Balaban J connectivity index is 1.55. The van der Waals surface area contributed by atoms with Crippen molar-refractivity contribution < 1.29 is 14.3 Å². The largest absolute Gasteiger partial charge is 0.457 e. The summed E-state index contributed by atoms with van der Waals surface area (Å²) in [5, 5.41) is 0.211. The third kappa shape index (κ3) is 5.10. The average molecular weight is 355 g/mol. The Labute approximate surface area is 152 Å². The Kier molecular flexibility index (Phi) is 5.76. The Morgan fingerprint density at radius 2 is 1.80 bits per heavy atom. The fourth-order valence-corrected chi connectivity index (χ4v) is 3.78. The summed E-state index contributed by atoms with van der Waals surface area (Å²) in [6.07, 6.45) is 1.31. The normalized spacial score (nSPS) is 17.4. The second-order valence-electron chi connectivity index (χ2n) is 6.10. The molecule has 0 aromatic heterocycles. The minimum Gasteiger partial charge on any atom is -0.457 e. The number of carbonyl (C=O) groups excluding carboxylic acids is 2. The highest BCUT2D eigenvalue weighted by Gasteiger charge is 2.27. The third-order valence-corrected chi connectivity index (χ3v) is 5.15. The first-order valence-corrected chi connectivity index (χ1v) is 9.25. The molecule has 5 heteroatoms. The fraction of sp³-hybridized carbons (Fsp3) is 0.300. The minimum absolute atomic E-state index is 0.0836. The summed E-state index contributed by atoms with van der Waals surface area (Å²) in [7, 11) is 0. The van der Waals surface area contributed by atoms with Crippen molar-refractivity contribution in [1.82, 2.24) is 4.90 Å². The predicted octanol–water partition coefficient (Wildman–Crippen LogP) is 4.25. The first-order valence-electron chi connectivity index (χ1n) is 8.37. The fourth-order valence-electron chi connectivity index (χ4n) is 2.86. The number of nitrogens with zero attached hydrogens (tertiary/aromatic N) is 1. The van der Waals surface area contributed by atoms with Gasteiger partial charge in [0, 0.05) is 31.7 Å². The lowest BCUT2D eigenvalue weighted by molar-refractivity contribution is -0.133. The average Bonchev–Trinajstić information content (AvgIpc) is 2.59. The van der Waals surface area contributed by atoms with Gasteiger partial charge in [-0.3, -0.25) is 9.59 Å². The van der Waals surface area contributed by atoms with E-state index < -0.39 is 0 Å². The van der Waals surface area contributed by atoms with Crippen LogP contribution in [-0.2, 0) is 16.1 Å². The summed E-state index contributed by atoms with van der Waals surface area (Å²) < 4.78 is 5.78. The molecule has 1 atom stereocenters. The first-order chi connectivity index (χ1) is 12.1. The molecular weight excluding hydrogens is 334 g/mol. The summed E-state index contributed by atoms with van der Waals surface area (Å²) in [4.78, 5) is 25.3. The maximum absolute atomic E-state index is 12.3. The molecule has 3 rings (SSSR count). The molecule has 1 saturated heterocycles. The SMILES string of the molecule is CC(=O)SC1CCN(Cc2ccc(Oc3ccccc3)cc2)C(=O)C1. The molecule has 0 radical (unpaired) electrons. The zero-order valence-corrected chi connectivity index (χ0v) is 15.0. The number of hydrogen-bond acceptors (Lipinski definition) is 4. The molecule has 1 fully saturated rings. The number of carbonyl (C=O) groups is 2. The summed E-state index contributed by atoms with van der Waals surface area (Å²) >= 11 is 1.29. The standard InChI is InChI=1S/C20H21NO3S/c1-15(22)25-19-11-12-21(20(23)13-19)14-16-7-9-18(10-8-16)24-17-5-3-2-4-6-17/h2-10,19H,11-14H2,1H3. The number of para-hydroxylation sites is 1. The van der Waals surface area contributed by atoms with Crippen molar-refractivity contribution in [3.05, 3.63) is 60.2 Å². The van der Waals surface area contributed by atoms with E-state index in [1.807, 2.05) is 59.5 Å². The van der Waals surface area contributed by atoms with Crippen LogP contribution in [0.25, 0.3) is 0 Å². The zero-order valence-electron chi connectivity index (χ0n) is 14.2. The smallest absolute Gasteiger partial charge is 0.223 e. The van der Waals surface area contributed by atoms with Crippen LogP contribution < -0.4 is 4.74 Å². The topological polar surface area (TPSA) is 46.6 Å². The molecule has 0 aliphatic carbocycles. The number of ether oxygens (including phenoxy) is 1. The number of rotatable bonds is 5. The molecule has 1 aliphatic heterocycles. The van der Waals surface area contributed by atoms with E-state index in [0.717, 1.165) is 23.5 Å². The Morgan fingerprint density at radius 3 is 2.44 bits per heavy atom. The molecular formula is C20H21NO3S. The van der Waals surface area contributed by atoms with Crippen LogP contribution in [0, 0.1) is 0 Å². The summed E-state index contributed by atoms with van der Waals surface area (Å²) in [6.45, 7) is 2.86. The van der Waals surface area contributed by atoms with Crippen molar-refractivity contribution in [1.29, 1.82) is 0 Å². The molecule has 4 nitrogen and oxygen atoms in total. The van der Waals surface area contributed by atoms with Gasteiger partial charge in [-0.1, -0.05) is 42.1 Å². The summed E-state index contributed by atoms with van der Waals surface area (Å²) in [5.41, 5.74) is 1.08. The Hall–Kier alpha value is -2.27. The number of likely N-dealkylation sites (tertiary alicyclic amines) is 1. The highest BCUT2D eigenvalue weighted by molar-refractivity contribution is 8.14. The second-order valence-corrected chi connectivity index (χ2v) is 7.58. The number of amides is 1. The van der Waals surface area contributed by atoms with E-state index in [4.69, 9.17) is 4.74 Å². The minimum atomic E-state index is 0.0836. The summed E-state index contributed by atoms with van der Waals surface area (Å²) in [6, 6.07) is 17.5. The Bertz CT molecular complexity index is 730. The van der Waals surface area contributed by atoms with Crippen LogP contribution >= 0.6 is 11.8 Å². The maximum atomic E-state index is 12.3. The van der Waals surface area contributed by atoms with Crippen molar-refractivity contribution >= 4 is 22.8 Å². The number of hydrogen-bond donors (Lipinski definition) is 0. The van der Waals surface area contributed by atoms with E-state index in [9.17, 15) is 9.59 Å². The van der Waals surface area contributed by atoms with Crippen LogP contribution in [0.1, 0.15) is 25.3 Å². The third-order valence-electron chi connectivity index (χ3n) is 4.08. The van der Waals surface area contributed by atoms with Gasteiger partial charge in [-0.2, -0.15) is 0 Å². The first kappa shape index (κ1) is 17.5. The van der Waals surface area contributed by atoms with Gasteiger partial charge in [0.05, 0.1) is 0 Å². The lowest BCUT2D eigenvalue weighted by Gasteiger charge is -2.31. The lowest BCUT2D eigenvalue weighted by atomic mass is 10.1. The summed E-state index contributed by atoms with van der Waals surface area (Å²) in [5.74, 6) is 1.70. The van der Waals surface area contributed by atoms with Crippen LogP contribution in [0.2, 0.25) is 0 Å². The number of benzene rings is 2. The molecule has 0 spiro atoms. The van der Waals surface area contributed by atoms with E-state index in [1.165, 1.54) is 11.8 Å². The van der Waals surface area contributed by atoms with Crippen LogP contribution in [0.5, 0.6) is 11.5 Å². The van der Waals surface area contributed by atoms with E-state index in [2.05, 4.69) is 0 Å². The van der Waals surface area contributed by atoms with Crippen molar-refractivity contribution in [2.75, 3.05) is 6.54 Å². The van der Waals surface area contributed by atoms with Gasteiger partial charge in [-0.15, -0.1) is 0 Å². The van der Waals surface area contributed by atoms with Gasteiger partial charge in [0.1, 0.15) is 11.5 Å². The quantitative estimate of drug-likeness (QED) is 0.804. The number of piperidine rings is 1. The highest BCUT2D eigenvalue weighted by Crippen LogP contribution is 2.26. The van der Waals surface area contributed by atoms with E-state index in [0.29, 0.717) is 19.5 Å². The molecule has 130 valence electrons. The molecule has 0 bridgehead atoms. The van der Waals surface area contributed by atoms with E-state index in [-0.39, 0.29) is 16.3 Å². The molecule has 0 saturated carbocycles. The van der Waals surface area contributed by atoms with Gasteiger partial charge in [0.15, 0.2) is 5.12 Å². The highest BCUT2D eigenvalue weighted by atomic mass is 32.2. The molecule has 0 N–H and O–H groups in total. The molecule has 25 heavy (non-hydrogen) atoms. The second kappa shape index (κ2) is 8.21. The van der Waals surface area contributed by atoms with Gasteiger partial charge in [0.2, 0.25) is 5.91 Å². The van der Waals surface area contributed by atoms with Crippen molar-refractivity contribution in [3.63, 3.8) is 0 Å². The van der Waals surface area contributed by atoms with Gasteiger partial charge < -0.3 is 9.64 Å². The van der Waals surface area contributed by atoms with Crippen molar-refractivity contribution in [3.8, 4) is 11.5 Å². The molecule has 1 amide bonds. The van der Waals surface area contributed by atoms with Gasteiger partial charge in [-0.25, -0.2) is 0 Å². The van der Waals surface area contributed by atoms with Crippen LogP contribution in [0.4, 0.5) is 0 Å². The van der Waals surface area contributed by atoms with Crippen LogP contribution in [-0.4, -0.2) is 27.7 Å². The van der Waals surface area contributed by atoms with Crippen LogP contribution in [0.15, 0.2) is 54.6 Å². The molecule has 2 aromatic carbocycles. The van der Waals surface area contributed by atoms with Gasteiger partial charge >= 0.3 is 0 Å². The van der Waals surface area contributed by atoms with E-state index >= 15 is 0 Å². The van der Waals surface area contributed by atoms with Gasteiger partial charge in [0.25, 0.3) is 0 Å². The van der Waals surface area contributed by atoms with Gasteiger partial charge in [-0.05, 0) is 36.2 Å². The lowest BCUT2D eigenvalue weighted by Crippen LogP contribution is -2.39. The Morgan fingerprint density at radius 1 is 1.12 bits per heavy atom. The molecule has 2 aromatic rings.